The summed E-state index contributed by atoms with van der Waals surface area (Å²) in [5.41, 5.74) is 2.18. The summed E-state index contributed by atoms with van der Waals surface area (Å²) in [6, 6.07) is 2.36. The highest BCUT2D eigenvalue weighted by molar-refractivity contribution is 5.81. The molecule has 0 bridgehead atoms. The maximum Gasteiger partial charge on any atom is 0.237 e. The van der Waals surface area contributed by atoms with Gasteiger partial charge in [0.1, 0.15) is 0 Å². The molecular formula is C18H30N4O2. The molecule has 1 amide bonds. The lowest BCUT2D eigenvalue weighted by atomic mass is 10.1. The van der Waals surface area contributed by atoms with Gasteiger partial charge in [-0.3, -0.25) is 14.4 Å². The SMILES string of the molecule is Cc1cc(C)n(C[C@H]2CN([C@H](C)C(=O)NC3CCCC3)CCO2)n1. The summed E-state index contributed by atoms with van der Waals surface area (Å²) in [6.07, 6.45) is 4.81. The second kappa shape index (κ2) is 7.66. The van der Waals surface area contributed by atoms with Crippen LogP contribution in [0.4, 0.5) is 0 Å². The van der Waals surface area contributed by atoms with E-state index >= 15 is 0 Å². The smallest absolute Gasteiger partial charge is 0.237 e. The number of amides is 1. The molecule has 2 heterocycles. The summed E-state index contributed by atoms with van der Waals surface area (Å²) in [6.45, 7) is 9.09. The van der Waals surface area contributed by atoms with Crippen LogP contribution in [0, 0.1) is 13.8 Å². The van der Waals surface area contributed by atoms with Gasteiger partial charge in [-0.15, -0.1) is 0 Å². The van der Waals surface area contributed by atoms with Gasteiger partial charge in [0.15, 0.2) is 0 Å². The van der Waals surface area contributed by atoms with Crippen LogP contribution in [0.25, 0.3) is 0 Å². The Balaban J connectivity index is 1.54. The van der Waals surface area contributed by atoms with Gasteiger partial charge in [0, 0.05) is 24.8 Å². The van der Waals surface area contributed by atoms with E-state index in [9.17, 15) is 4.79 Å². The summed E-state index contributed by atoms with van der Waals surface area (Å²) in [5.74, 6) is 0.161. The fourth-order valence-electron chi connectivity index (χ4n) is 3.81. The maximum atomic E-state index is 12.5. The van der Waals surface area contributed by atoms with Crippen molar-refractivity contribution in [2.24, 2.45) is 0 Å². The molecule has 2 aliphatic rings. The summed E-state index contributed by atoms with van der Waals surface area (Å²) in [5, 5.41) is 7.73. The molecule has 2 atom stereocenters. The number of carbonyl (C=O) groups is 1. The summed E-state index contributed by atoms with van der Waals surface area (Å²) < 4.78 is 7.91. The standard InChI is InChI=1S/C18H30N4O2/c1-13-10-14(2)22(20-13)12-17-11-21(8-9-24-17)15(3)18(23)19-16-6-4-5-7-16/h10,15-17H,4-9,11-12H2,1-3H3,(H,19,23)/t15-,17-/m1/s1. The highest BCUT2D eigenvalue weighted by Gasteiger charge is 2.29. The van der Waals surface area contributed by atoms with Gasteiger partial charge in [-0.25, -0.2) is 0 Å². The van der Waals surface area contributed by atoms with E-state index in [1.54, 1.807) is 0 Å². The second-order valence-corrected chi connectivity index (χ2v) is 7.26. The molecule has 1 aliphatic heterocycles. The van der Waals surface area contributed by atoms with E-state index in [-0.39, 0.29) is 18.1 Å². The van der Waals surface area contributed by atoms with E-state index in [0.29, 0.717) is 12.6 Å². The lowest BCUT2D eigenvalue weighted by Gasteiger charge is -2.36. The van der Waals surface area contributed by atoms with Gasteiger partial charge in [-0.1, -0.05) is 12.8 Å². The average Bonchev–Trinajstić information content (AvgIpc) is 3.17. The van der Waals surface area contributed by atoms with Crippen molar-refractivity contribution in [2.45, 2.75) is 71.2 Å². The van der Waals surface area contributed by atoms with Crippen molar-refractivity contribution in [3.05, 3.63) is 17.5 Å². The highest BCUT2D eigenvalue weighted by Crippen LogP contribution is 2.18. The fourth-order valence-corrected chi connectivity index (χ4v) is 3.81. The van der Waals surface area contributed by atoms with Crippen molar-refractivity contribution in [1.82, 2.24) is 20.0 Å². The molecule has 1 N–H and O–H groups in total. The van der Waals surface area contributed by atoms with Crippen LogP contribution in [0.3, 0.4) is 0 Å². The third-order valence-corrected chi connectivity index (χ3v) is 5.28. The van der Waals surface area contributed by atoms with Crippen LogP contribution in [0.5, 0.6) is 0 Å². The molecule has 6 nitrogen and oxygen atoms in total. The number of aromatic nitrogens is 2. The van der Waals surface area contributed by atoms with Gasteiger partial charge in [0.05, 0.1) is 31.0 Å². The number of carbonyl (C=O) groups excluding carboxylic acids is 1. The molecule has 0 radical (unpaired) electrons. The van der Waals surface area contributed by atoms with E-state index in [1.807, 2.05) is 18.5 Å². The number of hydrogen-bond donors (Lipinski definition) is 1. The molecule has 134 valence electrons. The fraction of sp³-hybridized carbons (Fsp3) is 0.778. The Labute approximate surface area is 144 Å². The van der Waals surface area contributed by atoms with E-state index < -0.39 is 0 Å². The molecule has 0 spiro atoms. The predicted octanol–water partition coefficient (Wildman–Crippen LogP) is 1.65. The van der Waals surface area contributed by atoms with Gasteiger partial charge >= 0.3 is 0 Å². The van der Waals surface area contributed by atoms with Crippen LogP contribution in [0.2, 0.25) is 0 Å². The highest BCUT2D eigenvalue weighted by atomic mass is 16.5. The Morgan fingerprint density at radius 2 is 2.17 bits per heavy atom. The number of ether oxygens (including phenoxy) is 1. The van der Waals surface area contributed by atoms with Gasteiger partial charge in [-0.05, 0) is 39.7 Å². The molecule has 2 fully saturated rings. The lowest BCUT2D eigenvalue weighted by molar-refractivity contribution is -0.130. The quantitative estimate of drug-likeness (QED) is 0.889. The van der Waals surface area contributed by atoms with Crippen molar-refractivity contribution in [2.75, 3.05) is 19.7 Å². The number of aryl methyl sites for hydroxylation is 2. The number of nitrogens with zero attached hydrogens (tertiary/aromatic N) is 3. The Hall–Kier alpha value is -1.40. The molecular weight excluding hydrogens is 304 g/mol. The molecule has 1 saturated heterocycles. The molecule has 6 heteroatoms. The first kappa shape index (κ1) is 17.4. The normalized spacial score (nSPS) is 24.2. The van der Waals surface area contributed by atoms with Crippen LogP contribution in [-0.2, 0) is 16.1 Å². The van der Waals surface area contributed by atoms with Crippen molar-refractivity contribution in [1.29, 1.82) is 0 Å². The van der Waals surface area contributed by atoms with Crippen LogP contribution in [-0.4, -0.2) is 58.5 Å². The summed E-state index contributed by atoms with van der Waals surface area (Å²) >= 11 is 0. The maximum absolute atomic E-state index is 12.5. The Morgan fingerprint density at radius 3 is 2.83 bits per heavy atom. The third-order valence-electron chi connectivity index (χ3n) is 5.28. The predicted molar refractivity (Wildman–Crippen MR) is 92.9 cm³/mol. The third kappa shape index (κ3) is 4.16. The van der Waals surface area contributed by atoms with Crippen molar-refractivity contribution < 1.29 is 9.53 Å². The Bertz CT molecular complexity index is 565. The van der Waals surface area contributed by atoms with Crippen LogP contribution < -0.4 is 5.32 Å². The van der Waals surface area contributed by atoms with Gasteiger partial charge in [-0.2, -0.15) is 5.10 Å². The molecule has 1 saturated carbocycles. The molecule has 1 aromatic heterocycles. The first-order valence-corrected chi connectivity index (χ1v) is 9.20. The topological polar surface area (TPSA) is 59.4 Å². The van der Waals surface area contributed by atoms with Crippen molar-refractivity contribution >= 4 is 5.91 Å². The zero-order chi connectivity index (χ0) is 17.1. The zero-order valence-electron chi connectivity index (χ0n) is 15.1. The second-order valence-electron chi connectivity index (χ2n) is 7.26. The first-order chi connectivity index (χ1) is 11.5. The summed E-state index contributed by atoms with van der Waals surface area (Å²) in [4.78, 5) is 14.7. The number of morpholine rings is 1. The average molecular weight is 334 g/mol. The Kier molecular flexibility index (Phi) is 5.56. The van der Waals surface area contributed by atoms with E-state index in [0.717, 1.165) is 43.9 Å². The number of nitrogens with one attached hydrogen (secondary N) is 1. The monoisotopic (exact) mass is 334 g/mol. The van der Waals surface area contributed by atoms with E-state index in [4.69, 9.17) is 4.74 Å². The van der Waals surface area contributed by atoms with Gasteiger partial charge in [0.2, 0.25) is 5.91 Å². The summed E-state index contributed by atoms with van der Waals surface area (Å²) in [7, 11) is 0. The van der Waals surface area contributed by atoms with E-state index in [2.05, 4.69) is 28.3 Å². The largest absolute Gasteiger partial charge is 0.374 e. The lowest BCUT2D eigenvalue weighted by Crippen LogP contribution is -2.54. The Morgan fingerprint density at radius 1 is 1.42 bits per heavy atom. The first-order valence-electron chi connectivity index (χ1n) is 9.20. The molecule has 0 unspecified atom stereocenters. The molecule has 3 rings (SSSR count). The minimum Gasteiger partial charge on any atom is -0.374 e. The molecule has 0 aromatic carbocycles. The van der Waals surface area contributed by atoms with Crippen LogP contribution >= 0.6 is 0 Å². The van der Waals surface area contributed by atoms with Crippen molar-refractivity contribution in [3.63, 3.8) is 0 Å². The zero-order valence-corrected chi connectivity index (χ0v) is 15.1. The molecule has 1 aliphatic carbocycles. The minimum absolute atomic E-state index is 0.0819. The molecule has 1 aromatic rings. The minimum atomic E-state index is -0.0996. The van der Waals surface area contributed by atoms with E-state index in [1.165, 1.54) is 12.8 Å². The van der Waals surface area contributed by atoms with Crippen molar-refractivity contribution in [3.8, 4) is 0 Å². The van der Waals surface area contributed by atoms with Crippen LogP contribution in [0.15, 0.2) is 6.07 Å². The number of rotatable bonds is 5. The number of hydrogen-bond acceptors (Lipinski definition) is 4. The van der Waals surface area contributed by atoms with Crippen LogP contribution in [0.1, 0.15) is 44.0 Å². The van der Waals surface area contributed by atoms with Gasteiger partial charge in [0.25, 0.3) is 0 Å². The van der Waals surface area contributed by atoms with Gasteiger partial charge < -0.3 is 10.1 Å². The molecule has 24 heavy (non-hydrogen) atoms.